The highest BCUT2D eigenvalue weighted by Gasteiger charge is 2.10. The highest BCUT2D eigenvalue weighted by Crippen LogP contribution is 2.27. The number of nitrogens with zero attached hydrogens (tertiary/aromatic N) is 1. The van der Waals surface area contributed by atoms with E-state index in [9.17, 15) is 0 Å². The van der Waals surface area contributed by atoms with E-state index in [1.54, 1.807) is 0 Å². The molecule has 0 heterocycles. The lowest BCUT2D eigenvalue weighted by atomic mass is 10.1. The van der Waals surface area contributed by atoms with Crippen LogP contribution in [0, 0.1) is 5.92 Å². The summed E-state index contributed by atoms with van der Waals surface area (Å²) in [5.41, 5.74) is 2.39. The molecule has 0 aliphatic heterocycles. The lowest BCUT2D eigenvalue weighted by molar-refractivity contribution is 0.618. The van der Waals surface area contributed by atoms with Gasteiger partial charge < -0.3 is 10.2 Å². The third-order valence-electron chi connectivity index (χ3n) is 2.90. The number of halogens is 1. The van der Waals surface area contributed by atoms with Gasteiger partial charge >= 0.3 is 0 Å². The zero-order chi connectivity index (χ0) is 13.5. The molecule has 0 radical (unpaired) electrons. The summed E-state index contributed by atoms with van der Waals surface area (Å²) in [5, 5.41) is 4.17. The molecule has 0 saturated heterocycles. The SMILES string of the molecule is CCNCc1ccc(N(CC)CC(C)C)c(Cl)c1. The third kappa shape index (κ3) is 4.51. The molecular weight excluding hydrogens is 244 g/mol. The van der Waals surface area contributed by atoms with E-state index in [0.29, 0.717) is 5.92 Å². The Bertz CT molecular complexity index is 364. The van der Waals surface area contributed by atoms with Gasteiger partial charge in [0.1, 0.15) is 0 Å². The number of anilines is 1. The van der Waals surface area contributed by atoms with Crippen molar-refractivity contribution in [3.63, 3.8) is 0 Å². The van der Waals surface area contributed by atoms with E-state index >= 15 is 0 Å². The number of nitrogens with one attached hydrogen (secondary N) is 1. The van der Waals surface area contributed by atoms with E-state index < -0.39 is 0 Å². The Morgan fingerprint density at radius 2 is 2.00 bits per heavy atom. The van der Waals surface area contributed by atoms with Crippen molar-refractivity contribution in [3.8, 4) is 0 Å². The highest BCUT2D eigenvalue weighted by atomic mass is 35.5. The molecule has 0 bridgehead atoms. The van der Waals surface area contributed by atoms with Crippen LogP contribution in [-0.2, 0) is 6.54 Å². The highest BCUT2D eigenvalue weighted by molar-refractivity contribution is 6.33. The number of hydrogen-bond acceptors (Lipinski definition) is 2. The molecule has 0 aromatic heterocycles. The first-order valence-electron chi connectivity index (χ1n) is 6.82. The fourth-order valence-electron chi connectivity index (χ4n) is 2.02. The number of benzene rings is 1. The summed E-state index contributed by atoms with van der Waals surface area (Å²) in [6.07, 6.45) is 0. The molecule has 0 spiro atoms. The second-order valence-corrected chi connectivity index (χ2v) is 5.41. The van der Waals surface area contributed by atoms with E-state index in [-0.39, 0.29) is 0 Å². The first-order chi connectivity index (χ1) is 8.58. The molecule has 2 nitrogen and oxygen atoms in total. The van der Waals surface area contributed by atoms with Crippen LogP contribution in [0.15, 0.2) is 18.2 Å². The van der Waals surface area contributed by atoms with Crippen molar-refractivity contribution in [1.82, 2.24) is 5.32 Å². The first-order valence-corrected chi connectivity index (χ1v) is 7.20. The van der Waals surface area contributed by atoms with Gasteiger partial charge in [-0.3, -0.25) is 0 Å². The summed E-state index contributed by atoms with van der Waals surface area (Å²) in [7, 11) is 0. The first kappa shape index (κ1) is 15.3. The molecule has 1 aromatic rings. The molecule has 18 heavy (non-hydrogen) atoms. The van der Waals surface area contributed by atoms with Gasteiger partial charge in [0, 0.05) is 19.6 Å². The largest absolute Gasteiger partial charge is 0.370 e. The maximum atomic E-state index is 6.40. The molecule has 0 saturated carbocycles. The van der Waals surface area contributed by atoms with Gasteiger partial charge in [-0.25, -0.2) is 0 Å². The Kier molecular flexibility index (Phi) is 6.51. The number of rotatable bonds is 7. The van der Waals surface area contributed by atoms with Gasteiger partial charge in [0.25, 0.3) is 0 Å². The van der Waals surface area contributed by atoms with Gasteiger partial charge in [-0.2, -0.15) is 0 Å². The molecule has 0 amide bonds. The molecule has 0 atom stereocenters. The van der Waals surface area contributed by atoms with Crippen LogP contribution >= 0.6 is 11.6 Å². The summed E-state index contributed by atoms with van der Waals surface area (Å²) in [6, 6.07) is 6.37. The standard InChI is InChI=1S/C15H25ClN2/c1-5-17-10-13-7-8-15(14(16)9-13)18(6-2)11-12(3)4/h7-9,12,17H,5-6,10-11H2,1-4H3. The van der Waals surface area contributed by atoms with Crippen LogP contribution in [0.5, 0.6) is 0 Å². The Morgan fingerprint density at radius 1 is 1.28 bits per heavy atom. The lowest BCUT2D eigenvalue weighted by Crippen LogP contribution is -2.27. The number of hydrogen-bond donors (Lipinski definition) is 1. The van der Waals surface area contributed by atoms with Crippen LogP contribution in [0.4, 0.5) is 5.69 Å². The molecule has 0 aliphatic rings. The van der Waals surface area contributed by atoms with Gasteiger partial charge in [0.15, 0.2) is 0 Å². The average molecular weight is 269 g/mol. The monoisotopic (exact) mass is 268 g/mol. The van der Waals surface area contributed by atoms with Crippen molar-refractivity contribution in [2.24, 2.45) is 5.92 Å². The summed E-state index contributed by atoms with van der Waals surface area (Å²) < 4.78 is 0. The molecule has 3 heteroatoms. The van der Waals surface area contributed by atoms with Crippen LogP contribution in [0.1, 0.15) is 33.3 Å². The molecular formula is C15H25ClN2. The molecule has 1 N–H and O–H groups in total. The van der Waals surface area contributed by atoms with Crippen molar-refractivity contribution < 1.29 is 0 Å². The quantitative estimate of drug-likeness (QED) is 0.806. The predicted octanol–water partition coefficient (Wildman–Crippen LogP) is 3.93. The van der Waals surface area contributed by atoms with E-state index in [2.05, 4.69) is 56.1 Å². The average Bonchev–Trinajstić information content (AvgIpc) is 2.33. The minimum atomic E-state index is 0.641. The van der Waals surface area contributed by atoms with Crippen LogP contribution in [-0.4, -0.2) is 19.6 Å². The predicted molar refractivity (Wildman–Crippen MR) is 81.6 cm³/mol. The topological polar surface area (TPSA) is 15.3 Å². The lowest BCUT2D eigenvalue weighted by Gasteiger charge is -2.26. The molecule has 1 rings (SSSR count). The van der Waals surface area contributed by atoms with Gasteiger partial charge in [-0.1, -0.05) is 38.4 Å². The van der Waals surface area contributed by atoms with Crippen LogP contribution in [0.25, 0.3) is 0 Å². The maximum Gasteiger partial charge on any atom is 0.0642 e. The van der Waals surface area contributed by atoms with E-state index in [0.717, 1.165) is 36.9 Å². The third-order valence-corrected chi connectivity index (χ3v) is 3.20. The van der Waals surface area contributed by atoms with Crippen molar-refractivity contribution in [3.05, 3.63) is 28.8 Å². The zero-order valence-corrected chi connectivity index (χ0v) is 12.7. The molecule has 0 fully saturated rings. The van der Waals surface area contributed by atoms with E-state index in [4.69, 9.17) is 11.6 Å². The van der Waals surface area contributed by atoms with Gasteiger partial charge in [-0.05, 0) is 37.1 Å². The summed E-state index contributed by atoms with van der Waals surface area (Å²) in [4.78, 5) is 2.34. The Morgan fingerprint density at radius 3 is 2.50 bits per heavy atom. The van der Waals surface area contributed by atoms with Crippen molar-refractivity contribution in [1.29, 1.82) is 0 Å². The van der Waals surface area contributed by atoms with Crippen LogP contribution < -0.4 is 10.2 Å². The fourth-order valence-corrected chi connectivity index (χ4v) is 2.35. The smallest absolute Gasteiger partial charge is 0.0642 e. The Labute approximate surface area is 116 Å². The molecule has 1 aromatic carbocycles. The van der Waals surface area contributed by atoms with Crippen LogP contribution in [0.2, 0.25) is 5.02 Å². The minimum absolute atomic E-state index is 0.641. The van der Waals surface area contributed by atoms with Crippen molar-refractivity contribution in [2.75, 3.05) is 24.5 Å². The Balaban J connectivity index is 2.82. The summed E-state index contributed by atoms with van der Waals surface area (Å²) >= 11 is 6.40. The van der Waals surface area contributed by atoms with Crippen molar-refractivity contribution >= 4 is 17.3 Å². The second-order valence-electron chi connectivity index (χ2n) is 5.00. The molecule has 0 unspecified atom stereocenters. The van der Waals surface area contributed by atoms with E-state index in [1.165, 1.54) is 5.56 Å². The minimum Gasteiger partial charge on any atom is -0.370 e. The van der Waals surface area contributed by atoms with Gasteiger partial charge in [0.2, 0.25) is 0 Å². The summed E-state index contributed by atoms with van der Waals surface area (Å²) in [5.74, 6) is 0.641. The second kappa shape index (κ2) is 7.65. The Hall–Kier alpha value is -0.730. The van der Waals surface area contributed by atoms with Gasteiger partial charge in [-0.15, -0.1) is 0 Å². The molecule has 102 valence electrons. The van der Waals surface area contributed by atoms with Crippen LogP contribution in [0.3, 0.4) is 0 Å². The molecule has 0 aliphatic carbocycles. The fraction of sp³-hybridized carbons (Fsp3) is 0.600. The normalized spacial score (nSPS) is 11.0. The van der Waals surface area contributed by atoms with E-state index in [1.807, 2.05) is 0 Å². The zero-order valence-electron chi connectivity index (χ0n) is 12.0. The van der Waals surface area contributed by atoms with Crippen molar-refractivity contribution in [2.45, 2.75) is 34.2 Å². The maximum absolute atomic E-state index is 6.40. The summed E-state index contributed by atoms with van der Waals surface area (Å²) in [6.45, 7) is 12.6. The van der Waals surface area contributed by atoms with Gasteiger partial charge in [0.05, 0.1) is 10.7 Å².